The number of benzene rings is 2. The standard InChI is InChI=1S/C18H19N/c1-14(2)19-13-17-9-4-3-7-15(17)11-12-16-8-5-6-10-18(16)19/h3-10H,1,11-13H2,2H3. The molecule has 1 heteroatoms. The molecule has 1 aliphatic heterocycles. The molecule has 0 atom stereocenters. The molecule has 2 aromatic carbocycles. The van der Waals surface area contributed by atoms with Crippen molar-refractivity contribution in [2.75, 3.05) is 4.90 Å². The third kappa shape index (κ3) is 2.28. The lowest BCUT2D eigenvalue weighted by Gasteiger charge is -2.30. The van der Waals surface area contributed by atoms with E-state index in [0.29, 0.717) is 0 Å². The Morgan fingerprint density at radius 3 is 2.21 bits per heavy atom. The lowest BCUT2D eigenvalue weighted by Crippen LogP contribution is -2.23. The van der Waals surface area contributed by atoms with E-state index in [9.17, 15) is 0 Å². The first-order chi connectivity index (χ1) is 9.25. The van der Waals surface area contributed by atoms with Crippen molar-refractivity contribution in [1.29, 1.82) is 0 Å². The number of aryl methyl sites for hydroxylation is 2. The summed E-state index contributed by atoms with van der Waals surface area (Å²) in [7, 11) is 0. The van der Waals surface area contributed by atoms with Crippen LogP contribution in [0.15, 0.2) is 60.8 Å². The lowest BCUT2D eigenvalue weighted by atomic mass is 9.95. The maximum atomic E-state index is 4.15. The van der Waals surface area contributed by atoms with Gasteiger partial charge in [0.1, 0.15) is 0 Å². The third-order valence-electron chi connectivity index (χ3n) is 3.85. The second kappa shape index (κ2) is 4.93. The predicted octanol–water partition coefficient (Wildman–Crippen LogP) is 4.33. The number of anilines is 1. The number of fused-ring (bicyclic) bond motifs is 2. The van der Waals surface area contributed by atoms with Gasteiger partial charge in [0.2, 0.25) is 0 Å². The van der Waals surface area contributed by atoms with Crippen molar-refractivity contribution in [1.82, 2.24) is 0 Å². The van der Waals surface area contributed by atoms with Crippen LogP contribution in [0.3, 0.4) is 0 Å². The van der Waals surface area contributed by atoms with E-state index in [1.807, 2.05) is 0 Å². The summed E-state index contributed by atoms with van der Waals surface area (Å²) in [6.45, 7) is 7.15. The summed E-state index contributed by atoms with van der Waals surface area (Å²) in [5, 5.41) is 0. The molecule has 19 heavy (non-hydrogen) atoms. The first-order valence-corrected chi connectivity index (χ1v) is 6.83. The maximum Gasteiger partial charge on any atom is 0.0481 e. The Morgan fingerprint density at radius 1 is 0.895 bits per heavy atom. The Morgan fingerprint density at radius 2 is 1.47 bits per heavy atom. The Hall–Kier alpha value is -2.02. The average Bonchev–Trinajstić information content (AvgIpc) is 2.41. The summed E-state index contributed by atoms with van der Waals surface area (Å²) in [5.41, 5.74) is 6.71. The molecule has 0 amide bonds. The Kier molecular flexibility index (Phi) is 3.12. The van der Waals surface area contributed by atoms with Crippen LogP contribution in [0.1, 0.15) is 23.6 Å². The molecule has 0 unspecified atom stereocenters. The van der Waals surface area contributed by atoms with E-state index in [1.165, 1.54) is 22.4 Å². The molecule has 0 saturated carbocycles. The van der Waals surface area contributed by atoms with E-state index >= 15 is 0 Å². The molecule has 1 nitrogen and oxygen atoms in total. The number of rotatable bonds is 1. The Balaban J connectivity index is 2.09. The van der Waals surface area contributed by atoms with E-state index in [4.69, 9.17) is 0 Å². The zero-order valence-electron chi connectivity index (χ0n) is 11.4. The molecule has 2 aromatic rings. The molecular formula is C18H19N. The summed E-state index contributed by atoms with van der Waals surface area (Å²) in [5.74, 6) is 0. The van der Waals surface area contributed by atoms with Gasteiger partial charge in [0.25, 0.3) is 0 Å². The molecule has 0 saturated heterocycles. The van der Waals surface area contributed by atoms with Crippen LogP contribution < -0.4 is 4.90 Å². The highest BCUT2D eigenvalue weighted by atomic mass is 15.1. The van der Waals surface area contributed by atoms with Crippen molar-refractivity contribution in [3.8, 4) is 0 Å². The monoisotopic (exact) mass is 249 g/mol. The van der Waals surface area contributed by atoms with Gasteiger partial charge in [-0.3, -0.25) is 0 Å². The minimum atomic E-state index is 0.919. The number of para-hydroxylation sites is 1. The van der Waals surface area contributed by atoms with Crippen molar-refractivity contribution in [2.24, 2.45) is 0 Å². The highest BCUT2D eigenvalue weighted by Gasteiger charge is 2.17. The largest absolute Gasteiger partial charge is 0.341 e. The van der Waals surface area contributed by atoms with Crippen molar-refractivity contribution in [3.63, 3.8) is 0 Å². The van der Waals surface area contributed by atoms with Gasteiger partial charge in [0.15, 0.2) is 0 Å². The van der Waals surface area contributed by atoms with Gasteiger partial charge in [-0.25, -0.2) is 0 Å². The molecule has 0 radical (unpaired) electrons. The fraction of sp³-hybridized carbons (Fsp3) is 0.222. The minimum Gasteiger partial charge on any atom is -0.341 e. The van der Waals surface area contributed by atoms with E-state index in [1.54, 1.807) is 0 Å². The SMILES string of the molecule is C=C(C)N1Cc2ccccc2CCc2ccccc21. The number of nitrogens with zero attached hydrogens (tertiary/aromatic N) is 1. The van der Waals surface area contributed by atoms with Crippen LogP contribution in [0, 0.1) is 0 Å². The molecule has 3 rings (SSSR count). The van der Waals surface area contributed by atoms with Gasteiger partial charge in [-0.2, -0.15) is 0 Å². The van der Waals surface area contributed by atoms with Gasteiger partial charge < -0.3 is 4.90 Å². The molecule has 1 aliphatic rings. The second-order valence-corrected chi connectivity index (χ2v) is 5.22. The molecule has 96 valence electrons. The molecule has 0 fully saturated rings. The molecule has 0 aromatic heterocycles. The van der Waals surface area contributed by atoms with E-state index in [2.05, 4.69) is 66.9 Å². The van der Waals surface area contributed by atoms with E-state index in [-0.39, 0.29) is 0 Å². The molecular weight excluding hydrogens is 230 g/mol. The van der Waals surface area contributed by atoms with Crippen LogP contribution in [0.4, 0.5) is 5.69 Å². The van der Waals surface area contributed by atoms with Crippen LogP contribution in [-0.2, 0) is 19.4 Å². The second-order valence-electron chi connectivity index (χ2n) is 5.22. The fourth-order valence-electron chi connectivity index (χ4n) is 2.81. The summed E-state index contributed by atoms with van der Waals surface area (Å²) in [6.07, 6.45) is 2.22. The molecule has 1 heterocycles. The predicted molar refractivity (Wildman–Crippen MR) is 81.3 cm³/mol. The molecule has 0 spiro atoms. The number of hydrogen-bond acceptors (Lipinski definition) is 1. The van der Waals surface area contributed by atoms with Crippen molar-refractivity contribution < 1.29 is 0 Å². The topological polar surface area (TPSA) is 3.24 Å². The summed E-state index contributed by atoms with van der Waals surface area (Å²) < 4.78 is 0. The lowest BCUT2D eigenvalue weighted by molar-refractivity contribution is 0.836. The summed E-state index contributed by atoms with van der Waals surface area (Å²) in [6, 6.07) is 17.4. The molecule has 0 aliphatic carbocycles. The van der Waals surface area contributed by atoms with Crippen LogP contribution in [-0.4, -0.2) is 0 Å². The summed E-state index contributed by atoms with van der Waals surface area (Å²) >= 11 is 0. The first kappa shape index (κ1) is 12.0. The Bertz CT molecular complexity index is 613. The number of allylic oxidation sites excluding steroid dienone is 1. The van der Waals surface area contributed by atoms with Crippen LogP contribution in [0.2, 0.25) is 0 Å². The first-order valence-electron chi connectivity index (χ1n) is 6.83. The van der Waals surface area contributed by atoms with Crippen LogP contribution in [0.25, 0.3) is 0 Å². The average molecular weight is 249 g/mol. The van der Waals surface area contributed by atoms with Gasteiger partial charge >= 0.3 is 0 Å². The van der Waals surface area contributed by atoms with Crippen molar-refractivity contribution in [2.45, 2.75) is 26.3 Å². The molecule has 0 bridgehead atoms. The van der Waals surface area contributed by atoms with Gasteiger partial charge in [0.05, 0.1) is 0 Å². The fourth-order valence-corrected chi connectivity index (χ4v) is 2.81. The number of hydrogen-bond donors (Lipinski definition) is 0. The maximum absolute atomic E-state index is 4.15. The minimum absolute atomic E-state index is 0.919. The van der Waals surface area contributed by atoms with Gasteiger partial charge in [-0.15, -0.1) is 0 Å². The van der Waals surface area contributed by atoms with Gasteiger partial charge in [-0.1, -0.05) is 49.0 Å². The normalized spacial score (nSPS) is 14.1. The zero-order valence-corrected chi connectivity index (χ0v) is 11.4. The Labute approximate surface area is 115 Å². The smallest absolute Gasteiger partial charge is 0.0481 e. The van der Waals surface area contributed by atoms with Crippen molar-refractivity contribution in [3.05, 3.63) is 77.5 Å². The third-order valence-corrected chi connectivity index (χ3v) is 3.85. The van der Waals surface area contributed by atoms with Gasteiger partial charge in [0, 0.05) is 17.9 Å². The van der Waals surface area contributed by atoms with Crippen LogP contribution >= 0.6 is 0 Å². The quantitative estimate of drug-likeness (QED) is 0.727. The highest BCUT2D eigenvalue weighted by Crippen LogP contribution is 2.30. The summed E-state index contributed by atoms with van der Waals surface area (Å²) in [4.78, 5) is 2.33. The van der Waals surface area contributed by atoms with E-state index < -0.39 is 0 Å². The zero-order chi connectivity index (χ0) is 13.2. The van der Waals surface area contributed by atoms with E-state index in [0.717, 1.165) is 25.1 Å². The van der Waals surface area contributed by atoms with Crippen molar-refractivity contribution >= 4 is 5.69 Å². The van der Waals surface area contributed by atoms with Gasteiger partial charge in [-0.05, 0) is 42.5 Å². The molecule has 0 N–H and O–H groups in total. The van der Waals surface area contributed by atoms with Crippen LogP contribution in [0.5, 0.6) is 0 Å². The highest BCUT2D eigenvalue weighted by molar-refractivity contribution is 5.59.